The fourth-order valence-electron chi connectivity index (χ4n) is 3.99. The third-order valence-corrected chi connectivity index (χ3v) is 6.00. The number of hydrogen-bond acceptors (Lipinski definition) is 4. The minimum absolute atomic E-state index is 0.114. The molecule has 3 aromatic carbocycles. The molecule has 184 valence electrons. The Bertz CT molecular complexity index is 1320. The van der Waals surface area contributed by atoms with E-state index in [1.54, 1.807) is 30.3 Å². The normalized spacial score (nSPS) is 15.7. The Hall–Kier alpha value is -4.33. The van der Waals surface area contributed by atoms with Gasteiger partial charge >= 0.3 is 0 Å². The van der Waals surface area contributed by atoms with Crippen molar-refractivity contribution in [3.05, 3.63) is 101 Å². The molecule has 4 rings (SSSR count). The van der Waals surface area contributed by atoms with Gasteiger partial charge in [0.05, 0.1) is 12.1 Å². The van der Waals surface area contributed by atoms with E-state index in [9.17, 15) is 23.6 Å². The van der Waals surface area contributed by atoms with Gasteiger partial charge in [0.2, 0.25) is 5.91 Å². The molecule has 1 heterocycles. The molecule has 4 amide bonds. The van der Waals surface area contributed by atoms with Crippen molar-refractivity contribution in [1.82, 2.24) is 10.4 Å². The summed E-state index contributed by atoms with van der Waals surface area (Å²) >= 11 is 0. The maximum absolute atomic E-state index is 14.4. The number of nitrogens with one attached hydrogen (secondary N) is 1. The Morgan fingerprint density at radius 1 is 0.889 bits per heavy atom. The van der Waals surface area contributed by atoms with Gasteiger partial charge in [-0.2, -0.15) is 0 Å². The van der Waals surface area contributed by atoms with Gasteiger partial charge < -0.3 is 0 Å². The average Bonchev–Trinajstić information content (AvgIpc) is 3.15. The summed E-state index contributed by atoms with van der Waals surface area (Å²) in [5.74, 6) is -3.52. The second-order valence-electron chi connectivity index (χ2n) is 9.55. The molecule has 0 radical (unpaired) electrons. The standard InChI is InChI=1S/C28H26FN3O4/c1-28(2,3)20-15-13-18(14-16-20)25(34)30-32(26(35)19-9-5-4-6-10-19)23-17-24(33)31(27(23)36)22-12-8-7-11-21(22)29/h4-16,23H,17H2,1-3H3,(H,30,34). The van der Waals surface area contributed by atoms with Gasteiger partial charge in [0, 0.05) is 11.1 Å². The van der Waals surface area contributed by atoms with E-state index in [0.29, 0.717) is 0 Å². The van der Waals surface area contributed by atoms with Gasteiger partial charge in [0.15, 0.2) is 0 Å². The first-order chi connectivity index (χ1) is 17.1. The number of nitrogens with zero attached hydrogens (tertiary/aromatic N) is 2. The Morgan fingerprint density at radius 2 is 1.50 bits per heavy atom. The van der Waals surface area contributed by atoms with E-state index in [1.165, 1.54) is 30.3 Å². The van der Waals surface area contributed by atoms with Gasteiger partial charge in [0.25, 0.3) is 17.7 Å². The van der Waals surface area contributed by atoms with Crippen molar-refractivity contribution in [3.8, 4) is 0 Å². The van der Waals surface area contributed by atoms with Crippen LogP contribution in [0.5, 0.6) is 0 Å². The second-order valence-corrected chi connectivity index (χ2v) is 9.55. The van der Waals surface area contributed by atoms with Crippen molar-refractivity contribution in [2.24, 2.45) is 0 Å². The minimum Gasteiger partial charge on any atom is -0.274 e. The van der Waals surface area contributed by atoms with Crippen LogP contribution in [0, 0.1) is 5.82 Å². The number of imide groups is 1. The van der Waals surface area contributed by atoms with Crippen molar-refractivity contribution in [2.45, 2.75) is 38.6 Å². The number of carbonyl (C=O) groups is 4. The molecule has 0 saturated carbocycles. The van der Waals surface area contributed by atoms with E-state index >= 15 is 0 Å². The fourth-order valence-corrected chi connectivity index (χ4v) is 3.99. The van der Waals surface area contributed by atoms with Gasteiger partial charge in [0.1, 0.15) is 11.9 Å². The minimum atomic E-state index is -1.34. The van der Waals surface area contributed by atoms with E-state index in [2.05, 4.69) is 5.43 Å². The van der Waals surface area contributed by atoms with E-state index in [1.807, 2.05) is 32.9 Å². The molecule has 1 saturated heterocycles. The molecule has 0 bridgehead atoms. The summed E-state index contributed by atoms with van der Waals surface area (Å²) in [6.07, 6.45) is -0.408. The molecule has 0 aromatic heterocycles. The van der Waals surface area contributed by atoms with Gasteiger partial charge in [-0.1, -0.05) is 63.2 Å². The van der Waals surface area contributed by atoms with E-state index < -0.39 is 41.9 Å². The largest absolute Gasteiger partial charge is 0.274 e. The van der Waals surface area contributed by atoms with Crippen LogP contribution in [0.1, 0.15) is 53.5 Å². The van der Waals surface area contributed by atoms with Crippen LogP contribution in [-0.2, 0) is 15.0 Å². The van der Waals surface area contributed by atoms with Crippen LogP contribution in [0.3, 0.4) is 0 Å². The van der Waals surface area contributed by atoms with E-state index in [4.69, 9.17) is 0 Å². The van der Waals surface area contributed by atoms with Crippen molar-refractivity contribution < 1.29 is 23.6 Å². The molecule has 7 nitrogen and oxygen atoms in total. The highest BCUT2D eigenvalue weighted by Crippen LogP contribution is 2.28. The zero-order chi connectivity index (χ0) is 26.0. The first-order valence-corrected chi connectivity index (χ1v) is 11.5. The number of amides is 4. The lowest BCUT2D eigenvalue weighted by molar-refractivity contribution is -0.122. The fraction of sp³-hybridized carbons (Fsp3) is 0.214. The van der Waals surface area contributed by atoms with Crippen LogP contribution in [0.15, 0.2) is 78.9 Å². The summed E-state index contributed by atoms with van der Waals surface area (Å²) < 4.78 is 14.4. The Labute approximate surface area is 208 Å². The number of anilines is 1. The summed E-state index contributed by atoms with van der Waals surface area (Å²) in [5.41, 5.74) is 3.71. The van der Waals surface area contributed by atoms with Crippen molar-refractivity contribution in [2.75, 3.05) is 4.90 Å². The van der Waals surface area contributed by atoms with E-state index in [0.717, 1.165) is 21.5 Å². The number of para-hydroxylation sites is 1. The van der Waals surface area contributed by atoms with Crippen molar-refractivity contribution in [1.29, 1.82) is 0 Å². The first-order valence-electron chi connectivity index (χ1n) is 11.5. The van der Waals surface area contributed by atoms with Crippen LogP contribution in [0.2, 0.25) is 0 Å². The molecular weight excluding hydrogens is 461 g/mol. The van der Waals surface area contributed by atoms with E-state index in [-0.39, 0.29) is 22.2 Å². The molecule has 0 spiro atoms. The molecule has 8 heteroatoms. The highest BCUT2D eigenvalue weighted by atomic mass is 19.1. The Morgan fingerprint density at radius 3 is 2.11 bits per heavy atom. The predicted molar refractivity (Wildman–Crippen MR) is 133 cm³/mol. The monoisotopic (exact) mass is 487 g/mol. The zero-order valence-corrected chi connectivity index (χ0v) is 20.2. The number of hydrogen-bond donors (Lipinski definition) is 1. The molecule has 1 fully saturated rings. The molecule has 1 aliphatic rings. The quantitative estimate of drug-likeness (QED) is 0.441. The molecule has 1 atom stereocenters. The van der Waals surface area contributed by atoms with Crippen molar-refractivity contribution >= 4 is 29.3 Å². The molecule has 1 N–H and O–H groups in total. The lowest BCUT2D eigenvalue weighted by Gasteiger charge is -2.28. The summed E-state index contributed by atoms with van der Waals surface area (Å²) in [7, 11) is 0. The first kappa shape index (κ1) is 24.8. The summed E-state index contributed by atoms with van der Waals surface area (Å²) in [4.78, 5) is 53.3. The third kappa shape index (κ3) is 4.88. The zero-order valence-electron chi connectivity index (χ0n) is 20.2. The van der Waals surface area contributed by atoms with Gasteiger partial charge in [-0.15, -0.1) is 0 Å². The SMILES string of the molecule is CC(C)(C)c1ccc(C(=O)NN(C(=O)c2ccccc2)C2CC(=O)N(c3ccccc3F)C2=O)cc1. The van der Waals surface area contributed by atoms with Crippen LogP contribution in [0.25, 0.3) is 0 Å². The molecule has 0 aliphatic carbocycles. The molecule has 1 aliphatic heterocycles. The number of halogens is 1. The van der Waals surface area contributed by atoms with Gasteiger partial charge in [-0.25, -0.2) is 14.3 Å². The van der Waals surface area contributed by atoms with Gasteiger partial charge in [-0.3, -0.25) is 24.6 Å². The lowest BCUT2D eigenvalue weighted by atomic mass is 9.87. The molecule has 3 aromatic rings. The average molecular weight is 488 g/mol. The third-order valence-electron chi connectivity index (χ3n) is 6.00. The van der Waals surface area contributed by atoms with Crippen LogP contribution < -0.4 is 10.3 Å². The second kappa shape index (κ2) is 9.73. The highest BCUT2D eigenvalue weighted by Gasteiger charge is 2.46. The number of hydrazine groups is 1. The predicted octanol–water partition coefficient (Wildman–Crippen LogP) is 4.24. The number of carbonyl (C=O) groups excluding carboxylic acids is 4. The summed E-state index contributed by atoms with van der Waals surface area (Å²) in [6.45, 7) is 6.14. The van der Waals surface area contributed by atoms with Crippen LogP contribution in [-0.4, -0.2) is 34.7 Å². The molecular formula is C28H26FN3O4. The number of rotatable bonds is 4. The Kier molecular flexibility index (Phi) is 6.70. The smallest absolute Gasteiger partial charge is 0.273 e. The molecule has 1 unspecified atom stereocenters. The number of benzene rings is 3. The molecule has 36 heavy (non-hydrogen) atoms. The van der Waals surface area contributed by atoms with Crippen molar-refractivity contribution in [3.63, 3.8) is 0 Å². The summed E-state index contributed by atoms with van der Waals surface area (Å²) in [6, 6.07) is 19.0. The lowest BCUT2D eigenvalue weighted by Crippen LogP contribution is -2.54. The maximum atomic E-state index is 14.4. The maximum Gasteiger partial charge on any atom is 0.273 e. The van der Waals surface area contributed by atoms with Crippen LogP contribution >= 0.6 is 0 Å². The summed E-state index contributed by atoms with van der Waals surface area (Å²) in [5, 5.41) is 0.871. The Balaban J connectivity index is 1.66. The topological polar surface area (TPSA) is 86.8 Å². The highest BCUT2D eigenvalue weighted by molar-refractivity contribution is 6.23. The van der Waals surface area contributed by atoms with Crippen LogP contribution in [0.4, 0.5) is 10.1 Å². The van der Waals surface area contributed by atoms with Gasteiger partial charge in [-0.05, 0) is 47.4 Å².